The van der Waals surface area contributed by atoms with E-state index in [1.807, 2.05) is 31.7 Å². The minimum atomic E-state index is 0.0123. The summed E-state index contributed by atoms with van der Waals surface area (Å²) >= 11 is 0. The molecule has 4 heterocycles. The molecule has 1 atom stereocenters. The molecule has 28 heavy (non-hydrogen) atoms. The predicted molar refractivity (Wildman–Crippen MR) is 107 cm³/mol. The van der Waals surface area contributed by atoms with E-state index in [0.717, 1.165) is 55.0 Å². The van der Waals surface area contributed by atoms with Crippen LogP contribution in [0.4, 0.5) is 4.79 Å². The van der Waals surface area contributed by atoms with E-state index >= 15 is 0 Å². The molecule has 4 rings (SSSR count). The Hall–Kier alpha value is -2.83. The third kappa shape index (κ3) is 3.61. The van der Waals surface area contributed by atoms with Crippen LogP contribution >= 0.6 is 0 Å². The number of nitrogens with zero attached hydrogens (tertiary/aromatic N) is 3. The lowest BCUT2D eigenvalue weighted by atomic mass is 9.89. The van der Waals surface area contributed by atoms with Crippen LogP contribution in [0.25, 0.3) is 11.0 Å². The summed E-state index contributed by atoms with van der Waals surface area (Å²) in [5.74, 6) is 1.29. The van der Waals surface area contributed by atoms with Gasteiger partial charge in [0.1, 0.15) is 11.4 Å². The molecule has 0 saturated carbocycles. The molecule has 1 unspecified atom stereocenters. The van der Waals surface area contributed by atoms with Crippen molar-refractivity contribution in [2.75, 3.05) is 13.1 Å². The number of H-pyrrole nitrogens is 1. The van der Waals surface area contributed by atoms with E-state index in [9.17, 15) is 4.79 Å². The van der Waals surface area contributed by atoms with Crippen molar-refractivity contribution < 1.29 is 9.32 Å². The standard InChI is InChI=1S/C21H27N5O2/c1-13(11-18-14(2)25-28-15(18)3)24-21(27)26-9-6-16(7-10-26)19-12-23-20-17(19)5-4-8-22-20/h4-5,8,12-13,16H,6-7,9-11H2,1-3H3,(H,22,23)(H,24,27). The molecule has 2 N–H and O–H groups in total. The summed E-state index contributed by atoms with van der Waals surface area (Å²) in [6.07, 6.45) is 6.54. The second kappa shape index (κ2) is 7.66. The Morgan fingerprint density at radius 3 is 2.89 bits per heavy atom. The summed E-state index contributed by atoms with van der Waals surface area (Å²) in [4.78, 5) is 22.2. The first kappa shape index (κ1) is 18.5. The lowest BCUT2D eigenvalue weighted by Gasteiger charge is -2.32. The molecular formula is C21H27N5O2. The number of piperidine rings is 1. The summed E-state index contributed by atoms with van der Waals surface area (Å²) in [7, 11) is 0. The molecule has 7 heteroatoms. The fraction of sp³-hybridized carbons (Fsp3) is 0.476. The monoisotopic (exact) mass is 381 g/mol. The summed E-state index contributed by atoms with van der Waals surface area (Å²) in [6.45, 7) is 7.40. The van der Waals surface area contributed by atoms with Gasteiger partial charge >= 0.3 is 6.03 Å². The van der Waals surface area contributed by atoms with Crippen LogP contribution in [0.15, 0.2) is 29.0 Å². The van der Waals surface area contributed by atoms with Gasteiger partial charge in [-0.15, -0.1) is 0 Å². The van der Waals surface area contributed by atoms with Gasteiger partial charge in [-0.3, -0.25) is 0 Å². The Labute approximate surface area is 164 Å². The maximum absolute atomic E-state index is 12.7. The van der Waals surface area contributed by atoms with Crippen molar-refractivity contribution in [1.29, 1.82) is 0 Å². The van der Waals surface area contributed by atoms with Crippen LogP contribution in [-0.2, 0) is 6.42 Å². The smallest absolute Gasteiger partial charge is 0.317 e. The van der Waals surface area contributed by atoms with E-state index in [2.05, 4.69) is 32.7 Å². The molecule has 148 valence electrons. The average Bonchev–Trinajstić information content (AvgIpc) is 3.26. The minimum absolute atomic E-state index is 0.0123. The van der Waals surface area contributed by atoms with E-state index in [1.54, 1.807) is 6.20 Å². The quantitative estimate of drug-likeness (QED) is 0.722. The van der Waals surface area contributed by atoms with Gasteiger partial charge in [0.05, 0.1) is 5.69 Å². The van der Waals surface area contributed by atoms with Crippen molar-refractivity contribution in [2.45, 2.75) is 52.0 Å². The lowest BCUT2D eigenvalue weighted by molar-refractivity contribution is 0.178. The zero-order chi connectivity index (χ0) is 19.7. The second-order valence-electron chi connectivity index (χ2n) is 7.76. The average molecular weight is 381 g/mol. The first-order valence-corrected chi connectivity index (χ1v) is 9.92. The fourth-order valence-electron chi connectivity index (χ4n) is 4.16. The first-order chi connectivity index (χ1) is 13.5. The van der Waals surface area contributed by atoms with E-state index in [0.29, 0.717) is 5.92 Å². The van der Waals surface area contributed by atoms with Gasteiger partial charge in [-0.05, 0) is 63.6 Å². The Bertz CT molecular complexity index is 949. The molecule has 3 aromatic rings. The number of carbonyl (C=O) groups is 1. The molecule has 2 amide bonds. The first-order valence-electron chi connectivity index (χ1n) is 9.92. The molecule has 1 fully saturated rings. The predicted octanol–water partition coefficient (Wildman–Crippen LogP) is 3.69. The number of aryl methyl sites for hydroxylation is 2. The van der Waals surface area contributed by atoms with Crippen molar-refractivity contribution >= 4 is 17.1 Å². The number of likely N-dealkylation sites (tertiary alicyclic amines) is 1. The molecule has 0 radical (unpaired) electrons. The highest BCUT2D eigenvalue weighted by Gasteiger charge is 2.26. The molecule has 3 aromatic heterocycles. The van der Waals surface area contributed by atoms with Crippen LogP contribution < -0.4 is 5.32 Å². The zero-order valence-electron chi connectivity index (χ0n) is 16.7. The number of aromatic amines is 1. The number of carbonyl (C=O) groups excluding carboxylic acids is 1. The summed E-state index contributed by atoms with van der Waals surface area (Å²) in [5.41, 5.74) is 4.23. The number of hydrogen-bond acceptors (Lipinski definition) is 4. The van der Waals surface area contributed by atoms with Gasteiger partial charge in [-0.1, -0.05) is 5.16 Å². The molecule has 0 spiro atoms. The fourth-order valence-corrected chi connectivity index (χ4v) is 4.16. The summed E-state index contributed by atoms with van der Waals surface area (Å²) in [6, 6.07) is 4.13. The van der Waals surface area contributed by atoms with Gasteiger partial charge < -0.3 is 19.7 Å². The number of amides is 2. The zero-order valence-corrected chi connectivity index (χ0v) is 16.7. The summed E-state index contributed by atoms with van der Waals surface area (Å²) in [5, 5.41) is 8.30. The molecule has 7 nitrogen and oxygen atoms in total. The molecular weight excluding hydrogens is 354 g/mol. The minimum Gasteiger partial charge on any atom is -0.361 e. The summed E-state index contributed by atoms with van der Waals surface area (Å²) < 4.78 is 5.22. The van der Waals surface area contributed by atoms with E-state index in [4.69, 9.17) is 4.52 Å². The van der Waals surface area contributed by atoms with Gasteiger partial charge in [0, 0.05) is 42.5 Å². The van der Waals surface area contributed by atoms with Crippen LogP contribution in [0.2, 0.25) is 0 Å². The number of rotatable bonds is 4. The van der Waals surface area contributed by atoms with Crippen molar-refractivity contribution in [1.82, 2.24) is 25.3 Å². The SMILES string of the molecule is Cc1noc(C)c1CC(C)NC(=O)N1CCC(c2c[nH]c3ncccc23)CC1. The Balaban J connectivity index is 1.32. The molecule has 1 aliphatic rings. The number of aromatic nitrogens is 3. The third-order valence-electron chi connectivity index (χ3n) is 5.77. The maximum atomic E-state index is 12.7. The molecule has 0 aliphatic carbocycles. The van der Waals surface area contributed by atoms with E-state index in [1.165, 1.54) is 10.9 Å². The van der Waals surface area contributed by atoms with Crippen LogP contribution in [0.1, 0.15) is 48.3 Å². The van der Waals surface area contributed by atoms with Gasteiger partial charge in [0.2, 0.25) is 0 Å². The van der Waals surface area contributed by atoms with Crippen molar-refractivity contribution in [3.8, 4) is 0 Å². The molecule has 0 bridgehead atoms. The number of hydrogen-bond donors (Lipinski definition) is 2. The van der Waals surface area contributed by atoms with Crippen LogP contribution in [0.3, 0.4) is 0 Å². The molecule has 1 aliphatic heterocycles. The van der Waals surface area contributed by atoms with Crippen molar-refractivity contribution in [3.05, 3.63) is 47.1 Å². The van der Waals surface area contributed by atoms with Crippen LogP contribution in [-0.4, -0.2) is 45.2 Å². The lowest BCUT2D eigenvalue weighted by Crippen LogP contribution is -2.47. The largest absolute Gasteiger partial charge is 0.361 e. The normalized spacial score (nSPS) is 16.5. The Morgan fingerprint density at radius 1 is 1.39 bits per heavy atom. The van der Waals surface area contributed by atoms with E-state index < -0.39 is 0 Å². The highest BCUT2D eigenvalue weighted by molar-refractivity contribution is 5.80. The highest BCUT2D eigenvalue weighted by Crippen LogP contribution is 2.32. The van der Waals surface area contributed by atoms with Gasteiger partial charge in [-0.25, -0.2) is 9.78 Å². The van der Waals surface area contributed by atoms with E-state index in [-0.39, 0.29) is 12.1 Å². The Kier molecular flexibility index (Phi) is 5.07. The maximum Gasteiger partial charge on any atom is 0.317 e. The van der Waals surface area contributed by atoms with Crippen LogP contribution in [0, 0.1) is 13.8 Å². The van der Waals surface area contributed by atoms with Gasteiger partial charge in [0.15, 0.2) is 0 Å². The van der Waals surface area contributed by atoms with Gasteiger partial charge in [0.25, 0.3) is 0 Å². The van der Waals surface area contributed by atoms with Crippen molar-refractivity contribution in [3.63, 3.8) is 0 Å². The second-order valence-corrected chi connectivity index (χ2v) is 7.76. The topological polar surface area (TPSA) is 87.0 Å². The van der Waals surface area contributed by atoms with Gasteiger partial charge in [-0.2, -0.15) is 0 Å². The third-order valence-corrected chi connectivity index (χ3v) is 5.77. The highest BCUT2D eigenvalue weighted by atomic mass is 16.5. The number of fused-ring (bicyclic) bond motifs is 1. The number of nitrogens with one attached hydrogen (secondary N) is 2. The number of pyridine rings is 1. The molecule has 1 saturated heterocycles. The molecule has 0 aromatic carbocycles. The van der Waals surface area contributed by atoms with Crippen molar-refractivity contribution in [2.24, 2.45) is 0 Å². The number of urea groups is 1. The van der Waals surface area contributed by atoms with Crippen LogP contribution in [0.5, 0.6) is 0 Å². The Morgan fingerprint density at radius 2 is 2.18 bits per heavy atom.